The standard InChI is InChI=1S/C15H17ClN4O2S/c1-11(21)18-5-2-6-19(8-7-18)13(22)4-3-12-14(16)17-15-20(12)9-10-23-15/h3-4,9-10H,2,5-8H2,1H3/b4-3+. The number of thiazole rings is 1. The van der Waals surface area contributed by atoms with Crippen LogP contribution in [0.1, 0.15) is 19.0 Å². The Kier molecular flexibility index (Phi) is 4.68. The molecule has 3 heterocycles. The van der Waals surface area contributed by atoms with E-state index in [1.165, 1.54) is 17.4 Å². The molecule has 0 radical (unpaired) electrons. The fourth-order valence-electron chi connectivity index (χ4n) is 2.63. The molecule has 3 rings (SSSR count). The van der Waals surface area contributed by atoms with Crippen LogP contribution in [0.25, 0.3) is 11.0 Å². The minimum atomic E-state index is -0.0725. The summed E-state index contributed by atoms with van der Waals surface area (Å²) >= 11 is 7.60. The number of fused-ring (bicyclic) bond motifs is 1. The van der Waals surface area contributed by atoms with Crippen LogP contribution in [0.5, 0.6) is 0 Å². The zero-order chi connectivity index (χ0) is 16.4. The van der Waals surface area contributed by atoms with Crippen molar-refractivity contribution < 1.29 is 9.59 Å². The molecule has 0 aromatic carbocycles. The molecule has 1 saturated heterocycles. The van der Waals surface area contributed by atoms with Gasteiger partial charge in [0.2, 0.25) is 11.8 Å². The van der Waals surface area contributed by atoms with Gasteiger partial charge in [0.05, 0.1) is 5.69 Å². The molecule has 8 heteroatoms. The third kappa shape index (κ3) is 3.40. The van der Waals surface area contributed by atoms with Crippen LogP contribution in [-0.4, -0.2) is 57.2 Å². The van der Waals surface area contributed by atoms with Crippen molar-refractivity contribution in [1.82, 2.24) is 19.2 Å². The van der Waals surface area contributed by atoms with Crippen LogP contribution in [0.15, 0.2) is 17.7 Å². The maximum Gasteiger partial charge on any atom is 0.246 e. The molecule has 1 aliphatic rings. The zero-order valence-electron chi connectivity index (χ0n) is 12.7. The first-order valence-corrected chi connectivity index (χ1v) is 8.65. The molecule has 2 aromatic heterocycles. The highest BCUT2D eigenvalue weighted by Crippen LogP contribution is 2.22. The number of nitrogens with zero attached hydrogens (tertiary/aromatic N) is 4. The summed E-state index contributed by atoms with van der Waals surface area (Å²) in [6.07, 6.45) is 5.89. The number of imidazole rings is 1. The molecule has 1 fully saturated rings. The minimum Gasteiger partial charge on any atom is -0.341 e. The third-order valence-electron chi connectivity index (χ3n) is 3.89. The number of amides is 2. The van der Waals surface area contributed by atoms with Gasteiger partial charge in [-0.25, -0.2) is 4.98 Å². The Balaban J connectivity index is 1.70. The topological polar surface area (TPSA) is 57.9 Å². The number of rotatable bonds is 2. The molecule has 0 aliphatic carbocycles. The summed E-state index contributed by atoms with van der Waals surface area (Å²) in [6.45, 7) is 4.05. The minimum absolute atomic E-state index is 0.0562. The molecule has 0 bridgehead atoms. The molecule has 122 valence electrons. The van der Waals surface area contributed by atoms with Crippen LogP contribution < -0.4 is 0 Å². The lowest BCUT2D eigenvalue weighted by atomic mass is 10.3. The predicted molar refractivity (Wildman–Crippen MR) is 90.6 cm³/mol. The summed E-state index contributed by atoms with van der Waals surface area (Å²) in [7, 11) is 0. The van der Waals surface area contributed by atoms with E-state index in [9.17, 15) is 9.59 Å². The van der Waals surface area contributed by atoms with Crippen molar-refractivity contribution in [3.8, 4) is 0 Å². The molecule has 0 spiro atoms. The average molecular weight is 353 g/mol. The van der Waals surface area contributed by atoms with E-state index >= 15 is 0 Å². The van der Waals surface area contributed by atoms with Gasteiger partial charge in [-0.3, -0.25) is 14.0 Å². The van der Waals surface area contributed by atoms with Gasteiger partial charge in [0.15, 0.2) is 10.1 Å². The highest BCUT2D eigenvalue weighted by Gasteiger charge is 2.19. The lowest BCUT2D eigenvalue weighted by molar-refractivity contribution is -0.130. The van der Waals surface area contributed by atoms with Crippen molar-refractivity contribution in [3.05, 3.63) is 28.5 Å². The van der Waals surface area contributed by atoms with Crippen LogP contribution >= 0.6 is 22.9 Å². The summed E-state index contributed by atoms with van der Waals surface area (Å²) < 4.78 is 1.86. The Hall–Kier alpha value is -1.86. The van der Waals surface area contributed by atoms with Crippen LogP contribution in [0, 0.1) is 0 Å². The van der Waals surface area contributed by atoms with Crippen LogP contribution in [0.3, 0.4) is 0 Å². The monoisotopic (exact) mass is 352 g/mol. The average Bonchev–Trinajstić information content (AvgIpc) is 2.95. The van der Waals surface area contributed by atoms with Gasteiger partial charge in [-0.2, -0.15) is 0 Å². The summed E-state index contributed by atoms with van der Waals surface area (Å²) in [4.78, 5) is 32.4. The molecule has 23 heavy (non-hydrogen) atoms. The molecule has 6 nitrogen and oxygen atoms in total. The fourth-order valence-corrected chi connectivity index (χ4v) is 3.64. The summed E-state index contributed by atoms with van der Waals surface area (Å²) in [6, 6.07) is 0. The summed E-state index contributed by atoms with van der Waals surface area (Å²) in [5, 5.41) is 2.31. The first kappa shape index (κ1) is 16.0. The van der Waals surface area contributed by atoms with Gasteiger partial charge in [-0.05, 0) is 12.5 Å². The van der Waals surface area contributed by atoms with Crippen molar-refractivity contribution >= 4 is 45.8 Å². The van der Waals surface area contributed by atoms with Crippen LogP contribution in [0.4, 0.5) is 0 Å². The van der Waals surface area contributed by atoms with Crippen LogP contribution in [0.2, 0.25) is 5.15 Å². The van der Waals surface area contributed by atoms with E-state index in [-0.39, 0.29) is 11.8 Å². The highest BCUT2D eigenvalue weighted by atomic mass is 35.5. The van der Waals surface area contributed by atoms with Gasteiger partial charge in [0.1, 0.15) is 0 Å². The Morgan fingerprint density at radius 3 is 2.78 bits per heavy atom. The number of aromatic nitrogens is 2. The van der Waals surface area contributed by atoms with Gasteiger partial charge < -0.3 is 9.80 Å². The third-order valence-corrected chi connectivity index (χ3v) is 4.93. The van der Waals surface area contributed by atoms with Crippen molar-refractivity contribution in [2.24, 2.45) is 0 Å². The molecule has 0 atom stereocenters. The van der Waals surface area contributed by atoms with Crippen molar-refractivity contribution in [2.45, 2.75) is 13.3 Å². The Labute approximate surface area is 143 Å². The molecule has 2 aromatic rings. The van der Waals surface area contributed by atoms with Gasteiger partial charge in [-0.15, -0.1) is 11.3 Å². The number of hydrogen-bond acceptors (Lipinski definition) is 4. The Bertz CT molecular complexity index is 767. The number of carbonyl (C=O) groups excluding carboxylic acids is 2. The van der Waals surface area contributed by atoms with E-state index < -0.39 is 0 Å². The maximum absolute atomic E-state index is 12.4. The van der Waals surface area contributed by atoms with Gasteiger partial charge in [0.25, 0.3) is 0 Å². The molecule has 1 aliphatic heterocycles. The maximum atomic E-state index is 12.4. The van der Waals surface area contributed by atoms with E-state index in [0.717, 1.165) is 11.4 Å². The predicted octanol–water partition coefficient (Wildman–Crippen LogP) is 2.14. The fraction of sp³-hybridized carbons (Fsp3) is 0.400. The van der Waals surface area contributed by atoms with E-state index in [4.69, 9.17) is 11.6 Å². The van der Waals surface area contributed by atoms with Gasteiger partial charge >= 0.3 is 0 Å². The van der Waals surface area contributed by atoms with E-state index in [0.29, 0.717) is 37.0 Å². The number of halogens is 1. The Morgan fingerprint density at radius 2 is 2.00 bits per heavy atom. The molecular weight excluding hydrogens is 336 g/mol. The molecular formula is C15H17ClN4O2S. The summed E-state index contributed by atoms with van der Waals surface area (Å²) in [5.74, 6) is -0.0163. The largest absolute Gasteiger partial charge is 0.341 e. The lowest BCUT2D eigenvalue weighted by Gasteiger charge is -2.20. The Morgan fingerprint density at radius 1 is 1.26 bits per heavy atom. The molecule has 0 saturated carbocycles. The second kappa shape index (κ2) is 6.72. The molecule has 0 unspecified atom stereocenters. The lowest BCUT2D eigenvalue weighted by Crippen LogP contribution is -2.35. The smallest absolute Gasteiger partial charge is 0.246 e. The van der Waals surface area contributed by atoms with Crippen molar-refractivity contribution in [2.75, 3.05) is 26.2 Å². The number of hydrogen-bond donors (Lipinski definition) is 0. The van der Waals surface area contributed by atoms with Crippen LogP contribution in [-0.2, 0) is 9.59 Å². The zero-order valence-corrected chi connectivity index (χ0v) is 14.3. The van der Waals surface area contributed by atoms with Gasteiger partial charge in [-0.1, -0.05) is 11.6 Å². The normalized spacial score (nSPS) is 16.3. The number of carbonyl (C=O) groups is 2. The van der Waals surface area contributed by atoms with Crippen molar-refractivity contribution in [3.63, 3.8) is 0 Å². The van der Waals surface area contributed by atoms with E-state index in [2.05, 4.69) is 4.98 Å². The first-order chi connectivity index (χ1) is 11.1. The van der Waals surface area contributed by atoms with Gasteiger partial charge in [0, 0.05) is 50.8 Å². The second-order valence-electron chi connectivity index (χ2n) is 5.36. The highest BCUT2D eigenvalue weighted by molar-refractivity contribution is 7.15. The quantitative estimate of drug-likeness (QED) is 0.778. The van der Waals surface area contributed by atoms with E-state index in [1.807, 2.05) is 16.0 Å². The molecule has 0 N–H and O–H groups in total. The van der Waals surface area contributed by atoms with Crippen molar-refractivity contribution in [1.29, 1.82) is 0 Å². The second-order valence-corrected chi connectivity index (χ2v) is 6.59. The SMILES string of the molecule is CC(=O)N1CCCN(C(=O)/C=C/c2c(Cl)nc3sccn23)CC1. The molecule has 2 amide bonds. The van der Waals surface area contributed by atoms with E-state index in [1.54, 1.807) is 22.8 Å². The summed E-state index contributed by atoms with van der Waals surface area (Å²) in [5.41, 5.74) is 0.705. The first-order valence-electron chi connectivity index (χ1n) is 7.40.